The number of nitrogens with zero attached hydrogens (tertiary/aromatic N) is 2. The molecule has 2 aliphatic heterocycles. The normalized spacial score (nSPS) is 20.4. The Labute approximate surface area is 219 Å². The lowest BCUT2D eigenvalue weighted by Gasteiger charge is -2.26. The van der Waals surface area contributed by atoms with Crippen LogP contribution in [-0.2, 0) is 25.4 Å². The molecule has 13 heteroatoms. The summed E-state index contributed by atoms with van der Waals surface area (Å²) in [6.07, 6.45) is 11.8. The van der Waals surface area contributed by atoms with Crippen LogP contribution in [0.1, 0.15) is 54.4 Å². The Balaban J connectivity index is 1.96. The number of cyclic esters (lactones) is 1. The molecule has 0 spiro atoms. The first-order chi connectivity index (χ1) is 17.7. The number of likely N-dealkylation sites (tertiary alicyclic amines) is 1. The van der Waals surface area contributed by atoms with Crippen LogP contribution in [0.15, 0.2) is 35.5 Å². The van der Waals surface area contributed by atoms with E-state index in [0.29, 0.717) is 25.9 Å². The van der Waals surface area contributed by atoms with Gasteiger partial charge >= 0.3 is 13.8 Å². The Morgan fingerprint density at radius 2 is 1.84 bits per heavy atom. The number of phenolic OH excluding ortho intramolecular Hbond substituents is 1. The number of oxime groups is 1. The van der Waals surface area contributed by atoms with E-state index < -0.39 is 25.3 Å². The number of rotatable bonds is 5. The second kappa shape index (κ2) is 13.6. The second-order valence-corrected chi connectivity index (χ2v) is 10.0. The van der Waals surface area contributed by atoms with Gasteiger partial charge in [-0.15, -0.1) is 0 Å². The van der Waals surface area contributed by atoms with Crippen LogP contribution in [0.4, 0.5) is 0 Å². The van der Waals surface area contributed by atoms with Crippen LogP contribution in [0, 0.1) is 0 Å². The summed E-state index contributed by atoms with van der Waals surface area (Å²) in [5.74, 6) is -2.31. The van der Waals surface area contributed by atoms with Gasteiger partial charge in [0.25, 0.3) is 5.91 Å². The fourth-order valence-corrected chi connectivity index (χ4v) is 4.53. The van der Waals surface area contributed by atoms with E-state index in [9.17, 15) is 29.0 Å². The molecule has 0 unspecified atom stereocenters. The van der Waals surface area contributed by atoms with Crippen molar-refractivity contribution in [1.82, 2.24) is 4.90 Å². The number of carbonyl (C=O) groups excluding carboxylic acids is 2. The van der Waals surface area contributed by atoms with E-state index in [-0.39, 0.29) is 47.4 Å². The molecule has 11 nitrogen and oxygen atoms in total. The Bertz CT molecular complexity index is 1120. The third-order valence-electron chi connectivity index (χ3n) is 5.66. The maximum absolute atomic E-state index is 13.0. The number of amides is 1. The summed E-state index contributed by atoms with van der Waals surface area (Å²) in [4.78, 5) is 51.1. The molecule has 0 radical (unpaired) electrons. The zero-order valence-electron chi connectivity index (χ0n) is 20.2. The molecule has 1 fully saturated rings. The lowest BCUT2D eigenvalue weighted by Crippen LogP contribution is -2.37. The van der Waals surface area contributed by atoms with Gasteiger partial charge < -0.3 is 24.1 Å². The number of carbonyl (C=O) groups is 2. The van der Waals surface area contributed by atoms with Gasteiger partial charge in [-0.3, -0.25) is 14.6 Å². The predicted octanol–water partition coefficient (Wildman–Crippen LogP) is 3.90. The molecule has 1 aromatic rings. The van der Waals surface area contributed by atoms with Gasteiger partial charge in [-0.05, 0) is 50.2 Å². The van der Waals surface area contributed by atoms with Crippen LogP contribution >= 0.6 is 19.4 Å². The average Bonchev–Trinajstić information content (AvgIpc) is 2.84. The highest BCUT2D eigenvalue weighted by Gasteiger charge is 2.29. The van der Waals surface area contributed by atoms with Gasteiger partial charge in [-0.25, -0.2) is 9.36 Å². The molecule has 0 bridgehead atoms. The standard InChI is InChI=1S/C24H30ClN2O9P/c25-23-18-14-17(26-35-16-21(29)27-11-7-5-8-12-27)10-6-3-1-2-4-9-13-34-24(30)22(18)20(15-19(23)28)36-37(31,32)33/h2,4,6,10,15,28H,1,3,5,7-9,11-14,16H2,(H2,31,32,33)/b4-2+,10-6+,26-17-. The van der Waals surface area contributed by atoms with Gasteiger partial charge in [0.05, 0.1) is 17.3 Å². The molecule has 0 aromatic heterocycles. The Hall–Kier alpha value is -2.85. The van der Waals surface area contributed by atoms with Crippen molar-refractivity contribution in [1.29, 1.82) is 0 Å². The molecular formula is C24H30ClN2O9P. The van der Waals surface area contributed by atoms with Crippen molar-refractivity contribution in [2.45, 2.75) is 44.9 Å². The Morgan fingerprint density at radius 3 is 2.57 bits per heavy atom. The van der Waals surface area contributed by atoms with Crippen LogP contribution in [0.5, 0.6) is 11.5 Å². The maximum atomic E-state index is 13.0. The van der Waals surface area contributed by atoms with Gasteiger partial charge in [0.2, 0.25) is 0 Å². The van der Waals surface area contributed by atoms with Crippen LogP contribution in [0.3, 0.4) is 0 Å². The molecule has 1 saturated heterocycles. The van der Waals surface area contributed by atoms with Crippen molar-refractivity contribution >= 4 is 37.0 Å². The molecule has 37 heavy (non-hydrogen) atoms. The van der Waals surface area contributed by atoms with Gasteiger partial charge in [0, 0.05) is 25.6 Å². The topological polar surface area (TPSA) is 155 Å². The molecule has 2 heterocycles. The van der Waals surface area contributed by atoms with E-state index in [1.54, 1.807) is 11.0 Å². The Morgan fingerprint density at radius 1 is 1.14 bits per heavy atom. The van der Waals surface area contributed by atoms with Gasteiger partial charge in [-0.1, -0.05) is 35.0 Å². The van der Waals surface area contributed by atoms with E-state index in [1.165, 1.54) is 0 Å². The molecule has 1 amide bonds. The first-order valence-corrected chi connectivity index (χ1v) is 13.8. The summed E-state index contributed by atoms with van der Waals surface area (Å²) in [6.45, 7) is 1.05. The zero-order valence-corrected chi connectivity index (χ0v) is 21.8. The number of phosphoric acid groups is 1. The fourth-order valence-electron chi connectivity index (χ4n) is 3.91. The maximum Gasteiger partial charge on any atom is 0.524 e. The molecule has 0 aliphatic carbocycles. The molecular weight excluding hydrogens is 527 g/mol. The van der Waals surface area contributed by atoms with E-state index in [1.807, 2.05) is 18.2 Å². The minimum atomic E-state index is -5.11. The number of allylic oxidation sites excluding steroid dienone is 3. The van der Waals surface area contributed by atoms with Gasteiger partial charge in [-0.2, -0.15) is 0 Å². The number of piperidine rings is 1. The summed E-state index contributed by atoms with van der Waals surface area (Å²) < 4.78 is 21.5. The fraction of sp³-hybridized carbons (Fsp3) is 0.458. The summed E-state index contributed by atoms with van der Waals surface area (Å²) in [5, 5.41) is 14.1. The van der Waals surface area contributed by atoms with Crippen molar-refractivity contribution in [2.75, 3.05) is 26.3 Å². The van der Waals surface area contributed by atoms with E-state index in [0.717, 1.165) is 31.7 Å². The number of benzene rings is 1. The number of halogens is 1. The third-order valence-corrected chi connectivity index (χ3v) is 6.51. The van der Waals surface area contributed by atoms with Crippen molar-refractivity contribution in [3.8, 4) is 11.5 Å². The minimum absolute atomic E-state index is 0.00112. The predicted molar refractivity (Wildman–Crippen MR) is 136 cm³/mol. The van der Waals surface area contributed by atoms with Crippen LogP contribution in [0.25, 0.3) is 0 Å². The molecule has 2 aliphatic rings. The minimum Gasteiger partial charge on any atom is -0.506 e. The summed E-state index contributed by atoms with van der Waals surface area (Å²) in [5.41, 5.74) is -0.147. The summed E-state index contributed by atoms with van der Waals surface area (Å²) >= 11 is 6.32. The first kappa shape index (κ1) is 28.7. The largest absolute Gasteiger partial charge is 0.524 e. The van der Waals surface area contributed by atoms with Crippen molar-refractivity contribution in [2.24, 2.45) is 5.16 Å². The molecule has 202 valence electrons. The molecule has 1 aromatic carbocycles. The Kier molecular flexibility index (Phi) is 10.6. The lowest BCUT2D eigenvalue weighted by molar-refractivity contribution is -0.137. The lowest BCUT2D eigenvalue weighted by atomic mass is 9.99. The highest BCUT2D eigenvalue weighted by atomic mass is 35.5. The van der Waals surface area contributed by atoms with Crippen LogP contribution in [0.2, 0.25) is 5.02 Å². The van der Waals surface area contributed by atoms with Crippen LogP contribution < -0.4 is 4.52 Å². The van der Waals surface area contributed by atoms with Crippen LogP contribution in [-0.4, -0.2) is 63.7 Å². The number of fused-ring (bicyclic) bond motifs is 1. The third kappa shape index (κ3) is 8.89. The zero-order chi connectivity index (χ0) is 26.8. The summed E-state index contributed by atoms with van der Waals surface area (Å²) in [6, 6.07) is 0.838. The van der Waals surface area contributed by atoms with Gasteiger partial charge in [0.1, 0.15) is 17.1 Å². The number of esters is 1. The molecule has 0 atom stereocenters. The quantitative estimate of drug-likeness (QED) is 0.212. The van der Waals surface area contributed by atoms with E-state index in [4.69, 9.17) is 21.2 Å². The average molecular weight is 557 g/mol. The number of ether oxygens (including phenoxy) is 1. The molecule has 3 N–H and O–H groups in total. The number of phosphoric ester groups is 1. The number of phenols is 1. The molecule has 0 saturated carbocycles. The molecule has 3 rings (SSSR count). The van der Waals surface area contributed by atoms with E-state index in [2.05, 4.69) is 9.68 Å². The number of hydrogen-bond donors (Lipinski definition) is 3. The second-order valence-electron chi connectivity index (χ2n) is 8.49. The van der Waals surface area contributed by atoms with Gasteiger partial charge in [0.15, 0.2) is 6.61 Å². The number of hydrogen-bond acceptors (Lipinski definition) is 8. The van der Waals surface area contributed by atoms with Crippen molar-refractivity contribution < 1.29 is 43.1 Å². The first-order valence-electron chi connectivity index (χ1n) is 11.9. The van der Waals surface area contributed by atoms with Crippen molar-refractivity contribution in [3.05, 3.63) is 46.5 Å². The SMILES string of the molecule is O=C1OCC/C=C/CC/C=C/C(=N/OCC(=O)N2CCCCC2)Cc2c(Cl)c(O)cc(OP(=O)(O)O)c21. The monoisotopic (exact) mass is 556 g/mol. The van der Waals surface area contributed by atoms with Crippen molar-refractivity contribution in [3.63, 3.8) is 0 Å². The van der Waals surface area contributed by atoms with E-state index >= 15 is 0 Å². The summed E-state index contributed by atoms with van der Waals surface area (Å²) in [7, 11) is -5.11. The highest BCUT2D eigenvalue weighted by molar-refractivity contribution is 7.46. The highest BCUT2D eigenvalue weighted by Crippen LogP contribution is 2.44. The smallest absolute Gasteiger partial charge is 0.506 e. The number of aromatic hydroxyl groups is 1.